The maximum Gasteiger partial charge on any atom is 0.335 e. The molecule has 2 atom stereocenters. The van der Waals surface area contributed by atoms with Crippen LogP contribution in [-0.4, -0.2) is 16.1 Å². The molecule has 4 rings (SSSR count). The SMILES string of the molecule is CCCCc1c(C2CC2c2ccccn2)oc2ccc(C(=O)O)cc2c1=O. The number of unbranched alkanes of at least 4 members (excludes halogenated alkanes) is 1. The molecule has 1 saturated carbocycles. The van der Waals surface area contributed by atoms with Crippen molar-refractivity contribution in [3.05, 3.63) is 75.4 Å². The number of aromatic carboxylic acids is 1. The fraction of sp³-hybridized carbons (Fsp3) is 0.318. The minimum Gasteiger partial charge on any atom is -0.478 e. The molecule has 3 aromatic rings. The molecule has 1 aliphatic carbocycles. The minimum absolute atomic E-state index is 0.0989. The van der Waals surface area contributed by atoms with Crippen molar-refractivity contribution < 1.29 is 14.3 Å². The second-order valence-corrected chi connectivity index (χ2v) is 7.10. The summed E-state index contributed by atoms with van der Waals surface area (Å²) in [6, 6.07) is 10.4. The predicted molar refractivity (Wildman–Crippen MR) is 102 cm³/mol. The Balaban J connectivity index is 1.81. The van der Waals surface area contributed by atoms with Crippen LogP contribution in [0.3, 0.4) is 0 Å². The van der Waals surface area contributed by atoms with E-state index >= 15 is 0 Å². The first-order valence-corrected chi connectivity index (χ1v) is 9.34. The van der Waals surface area contributed by atoms with Crippen LogP contribution in [0.25, 0.3) is 11.0 Å². The van der Waals surface area contributed by atoms with Crippen molar-refractivity contribution in [3.63, 3.8) is 0 Å². The van der Waals surface area contributed by atoms with Crippen molar-refractivity contribution in [2.24, 2.45) is 0 Å². The third-order valence-electron chi connectivity index (χ3n) is 5.24. The Labute approximate surface area is 156 Å². The summed E-state index contributed by atoms with van der Waals surface area (Å²) in [7, 11) is 0. The molecule has 0 saturated heterocycles. The lowest BCUT2D eigenvalue weighted by Crippen LogP contribution is -2.14. The van der Waals surface area contributed by atoms with Gasteiger partial charge in [0, 0.05) is 29.3 Å². The first kappa shape index (κ1) is 17.5. The van der Waals surface area contributed by atoms with Gasteiger partial charge in [-0.15, -0.1) is 0 Å². The average molecular weight is 363 g/mol. The molecule has 0 amide bonds. The van der Waals surface area contributed by atoms with Crippen LogP contribution >= 0.6 is 0 Å². The van der Waals surface area contributed by atoms with E-state index in [0.29, 0.717) is 23.0 Å². The topological polar surface area (TPSA) is 80.4 Å². The van der Waals surface area contributed by atoms with Crippen molar-refractivity contribution >= 4 is 16.9 Å². The van der Waals surface area contributed by atoms with Crippen LogP contribution in [-0.2, 0) is 6.42 Å². The highest BCUT2D eigenvalue weighted by Crippen LogP contribution is 2.55. The van der Waals surface area contributed by atoms with Gasteiger partial charge in [-0.2, -0.15) is 0 Å². The summed E-state index contributed by atoms with van der Waals surface area (Å²) in [6.07, 6.45) is 5.21. The van der Waals surface area contributed by atoms with Crippen LogP contribution in [0.4, 0.5) is 0 Å². The lowest BCUT2D eigenvalue weighted by atomic mass is 10.0. The first-order valence-electron chi connectivity index (χ1n) is 9.34. The van der Waals surface area contributed by atoms with Crippen molar-refractivity contribution in [1.29, 1.82) is 0 Å². The van der Waals surface area contributed by atoms with E-state index in [0.717, 1.165) is 30.7 Å². The zero-order valence-electron chi connectivity index (χ0n) is 15.1. The van der Waals surface area contributed by atoms with Crippen LogP contribution < -0.4 is 5.43 Å². The number of rotatable bonds is 6. The number of hydrogen-bond acceptors (Lipinski definition) is 4. The zero-order valence-corrected chi connectivity index (χ0v) is 15.1. The molecular formula is C22H21NO4. The van der Waals surface area contributed by atoms with E-state index in [2.05, 4.69) is 11.9 Å². The molecule has 1 N–H and O–H groups in total. The largest absolute Gasteiger partial charge is 0.478 e. The quantitative estimate of drug-likeness (QED) is 0.697. The van der Waals surface area contributed by atoms with Gasteiger partial charge in [-0.3, -0.25) is 9.78 Å². The fourth-order valence-electron chi connectivity index (χ4n) is 3.68. The molecule has 0 aliphatic heterocycles. The molecule has 5 nitrogen and oxygen atoms in total. The maximum atomic E-state index is 13.1. The molecule has 138 valence electrons. The molecule has 1 aliphatic rings. The first-order chi connectivity index (χ1) is 13.1. The maximum absolute atomic E-state index is 13.1. The van der Waals surface area contributed by atoms with Gasteiger partial charge in [-0.05, 0) is 49.6 Å². The summed E-state index contributed by atoms with van der Waals surface area (Å²) in [6.45, 7) is 2.08. The summed E-state index contributed by atoms with van der Waals surface area (Å²) in [4.78, 5) is 28.8. The normalized spacial score (nSPS) is 18.6. The zero-order chi connectivity index (χ0) is 19.0. The Hall–Kier alpha value is -2.95. The van der Waals surface area contributed by atoms with Crippen molar-refractivity contribution in [3.8, 4) is 0 Å². The number of carbonyl (C=O) groups is 1. The van der Waals surface area contributed by atoms with Gasteiger partial charge in [0.25, 0.3) is 0 Å². The standard InChI is InChI=1S/C22H21NO4/c1-2-3-6-14-20(24)17-11-13(22(25)26)8-9-19(17)27-21(14)16-12-15(16)18-7-4-5-10-23-18/h4-5,7-11,15-16H,2-3,6,12H2,1H3,(H,25,26). The third kappa shape index (κ3) is 3.25. The summed E-state index contributed by atoms with van der Waals surface area (Å²) in [5.41, 5.74) is 2.16. The minimum atomic E-state index is -1.05. The van der Waals surface area contributed by atoms with E-state index in [1.165, 1.54) is 12.1 Å². The Morgan fingerprint density at radius 1 is 1.26 bits per heavy atom. The smallest absolute Gasteiger partial charge is 0.335 e. The number of benzene rings is 1. The third-order valence-corrected chi connectivity index (χ3v) is 5.24. The van der Waals surface area contributed by atoms with Gasteiger partial charge < -0.3 is 9.52 Å². The lowest BCUT2D eigenvalue weighted by Gasteiger charge is -2.10. The highest BCUT2D eigenvalue weighted by atomic mass is 16.4. The summed E-state index contributed by atoms with van der Waals surface area (Å²) in [5, 5.41) is 9.57. The van der Waals surface area contributed by atoms with Gasteiger partial charge in [-0.25, -0.2) is 4.79 Å². The van der Waals surface area contributed by atoms with E-state index in [1.54, 1.807) is 12.3 Å². The number of pyridine rings is 1. The van der Waals surface area contributed by atoms with E-state index < -0.39 is 5.97 Å². The predicted octanol–water partition coefficient (Wildman–Crippen LogP) is 4.50. The Bertz CT molecular complexity index is 1060. The summed E-state index contributed by atoms with van der Waals surface area (Å²) < 4.78 is 6.16. The van der Waals surface area contributed by atoms with E-state index in [1.807, 2.05) is 18.2 Å². The molecular weight excluding hydrogens is 342 g/mol. The number of nitrogens with zero attached hydrogens (tertiary/aromatic N) is 1. The number of carboxylic acid groups (broad SMARTS) is 1. The van der Waals surface area contributed by atoms with Crippen molar-refractivity contribution in [1.82, 2.24) is 4.98 Å². The molecule has 1 aromatic carbocycles. The van der Waals surface area contributed by atoms with Gasteiger partial charge in [0.1, 0.15) is 11.3 Å². The lowest BCUT2D eigenvalue weighted by molar-refractivity contribution is 0.0697. The highest BCUT2D eigenvalue weighted by Gasteiger charge is 2.44. The average Bonchev–Trinajstić information content (AvgIpc) is 3.48. The Morgan fingerprint density at radius 2 is 2.11 bits per heavy atom. The molecule has 5 heteroatoms. The molecule has 0 bridgehead atoms. The van der Waals surface area contributed by atoms with E-state index in [-0.39, 0.29) is 22.8 Å². The van der Waals surface area contributed by atoms with E-state index in [4.69, 9.17) is 4.42 Å². The molecule has 2 unspecified atom stereocenters. The Kier molecular flexibility index (Phi) is 4.52. The molecule has 0 radical (unpaired) electrons. The van der Waals surface area contributed by atoms with Gasteiger partial charge in [-0.1, -0.05) is 19.4 Å². The van der Waals surface area contributed by atoms with Gasteiger partial charge in [0.2, 0.25) is 0 Å². The van der Waals surface area contributed by atoms with Crippen LogP contribution in [0.15, 0.2) is 51.8 Å². The summed E-state index contributed by atoms with van der Waals surface area (Å²) >= 11 is 0. The van der Waals surface area contributed by atoms with Crippen molar-refractivity contribution in [2.75, 3.05) is 0 Å². The molecule has 27 heavy (non-hydrogen) atoms. The van der Waals surface area contributed by atoms with Crippen LogP contribution in [0, 0.1) is 0 Å². The molecule has 2 aromatic heterocycles. The molecule has 2 heterocycles. The van der Waals surface area contributed by atoms with Crippen LogP contribution in [0.5, 0.6) is 0 Å². The second-order valence-electron chi connectivity index (χ2n) is 7.10. The number of hydrogen-bond donors (Lipinski definition) is 1. The number of aromatic nitrogens is 1. The second kappa shape index (κ2) is 6.99. The van der Waals surface area contributed by atoms with Gasteiger partial charge in [0.15, 0.2) is 5.43 Å². The number of carboxylic acids is 1. The number of fused-ring (bicyclic) bond motifs is 1. The van der Waals surface area contributed by atoms with E-state index in [9.17, 15) is 14.7 Å². The van der Waals surface area contributed by atoms with Crippen LogP contribution in [0.2, 0.25) is 0 Å². The summed E-state index contributed by atoms with van der Waals surface area (Å²) in [5.74, 6) is 0.126. The fourth-order valence-corrected chi connectivity index (χ4v) is 3.68. The monoisotopic (exact) mass is 363 g/mol. The van der Waals surface area contributed by atoms with Crippen LogP contribution in [0.1, 0.15) is 65.4 Å². The molecule has 1 fully saturated rings. The molecule has 0 spiro atoms. The Morgan fingerprint density at radius 3 is 2.81 bits per heavy atom. The van der Waals surface area contributed by atoms with Gasteiger partial charge in [0.05, 0.1) is 10.9 Å². The van der Waals surface area contributed by atoms with Gasteiger partial charge >= 0.3 is 5.97 Å². The van der Waals surface area contributed by atoms with Crippen molar-refractivity contribution in [2.45, 2.75) is 44.4 Å². The highest BCUT2D eigenvalue weighted by molar-refractivity contribution is 5.92.